The van der Waals surface area contributed by atoms with Gasteiger partial charge in [0.05, 0.1) is 33.2 Å². The molecule has 2 heterocycles. The summed E-state index contributed by atoms with van der Waals surface area (Å²) in [5.74, 6) is 2.50. The van der Waals surface area contributed by atoms with Gasteiger partial charge in [0.2, 0.25) is 0 Å². The lowest BCUT2D eigenvalue weighted by Crippen LogP contribution is -2.31. The van der Waals surface area contributed by atoms with E-state index in [1.807, 2.05) is 13.0 Å². The number of nitrogens with zero attached hydrogens (tertiary/aromatic N) is 3. The molecule has 1 unspecified atom stereocenters. The summed E-state index contributed by atoms with van der Waals surface area (Å²) in [6, 6.07) is 3.64. The molecule has 0 spiro atoms. The Morgan fingerprint density at radius 1 is 1.08 bits per heavy atom. The van der Waals surface area contributed by atoms with Gasteiger partial charge >= 0.3 is 0 Å². The molecule has 1 saturated heterocycles. The SMILES string of the molecule is COc1cc(OC)c(C2SCCN2C(=O)c2cnc(C)cn2)cc1OC. The molecule has 1 aromatic heterocycles. The number of carbonyl (C=O) groups excluding carboxylic acids is 1. The largest absolute Gasteiger partial charge is 0.496 e. The first-order chi connectivity index (χ1) is 12.6. The third kappa shape index (κ3) is 3.41. The van der Waals surface area contributed by atoms with Crippen LogP contribution in [-0.4, -0.2) is 54.4 Å². The van der Waals surface area contributed by atoms with E-state index >= 15 is 0 Å². The zero-order valence-corrected chi connectivity index (χ0v) is 16.0. The molecule has 1 fully saturated rings. The van der Waals surface area contributed by atoms with E-state index in [0.717, 1.165) is 17.0 Å². The van der Waals surface area contributed by atoms with Crippen molar-refractivity contribution < 1.29 is 19.0 Å². The van der Waals surface area contributed by atoms with Crippen LogP contribution in [0.1, 0.15) is 27.1 Å². The van der Waals surface area contributed by atoms with E-state index in [-0.39, 0.29) is 11.3 Å². The molecular formula is C18H21N3O4S. The molecule has 1 aromatic carbocycles. The maximum Gasteiger partial charge on any atom is 0.275 e. The Kier molecular flexibility index (Phi) is 5.51. The smallest absolute Gasteiger partial charge is 0.275 e. The Hall–Kier alpha value is -2.48. The predicted molar refractivity (Wildman–Crippen MR) is 99.1 cm³/mol. The van der Waals surface area contributed by atoms with Crippen molar-refractivity contribution in [2.24, 2.45) is 0 Å². The Labute approximate surface area is 156 Å². The summed E-state index contributed by atoms with van der Waals surface area (Å²) < 4.78 is 16.3. The number of hydrogen-bond donors (Lipinski definition) is 0. The number of aromatic nitrogens is 2. The van der Waals surface area contributed by atoms with Gasteiger partial charge in [0, 0.05) is 30.1 Å². The average Bonchev–Trinajstić information content (AvgIpc) is 3.16. The molecule has 0 N–H and O–H groups in total. The van der Waals surface area contributed by atoms with Crippen molar-refractivity contribution in [3.63, 3.8) is 0 Å². The van der Waals surface area contributed by atoms with E-state index in [2.05, 4.69) is 9.97 Å². The van der Waals surface area contributed by atoms with Gasteiger partial charge in [0.15, 0.2) is 11.5 Å². The van der Waals surface area contributed by atoms with Gasteiger partial charge in [-0.05, 0) is 13.0 Å². The zero-order chi connectivity index (χ0) is 18.7. The lowest BCUT2D eigenvalue weighted by Gasteiger charge is -2.26. The number of rotatable bonds is 5. The van der Waals surface area contributed by atoms with Gasteiger partial charge < -0.3 is 19.1 Å². The van der Waals surface area contributed by atoms with E-state index in [1.54, 1.807) is 50.3 Å². The molecule has 1 atom stereocenters. The molecule has 138 valence electrons. The summed E-state index contributed by atoms with van der Waals surface area (Å²) in [6.45, 7) is 2.46. The van der Waals surface area contributed by atoms with Crippen molar-refractivity contribution in [2.75, 3.05) is 33.6 Å². The van der Waals surface area contributed by atoms with Crippen molar-refractivity contribution >= 4 is 17.7 Å². The van der Waals surface area contributed by atoms with Gasteiger partial charge in [-0.25, -0.2) is 4.98 Å². The highest BCUT2D eigenvalue weighted by Crippen LogP contribution is 2.46. The van der Waals surface area contributed by atoms with E-state index in [4.69, 9.17) is 14.2 Å². The molecule has 2 aromatic rings. The van der Waals surface area contributed by atoms with Gasteiger partial charge in [-0.15, -0.1) is 11.8 Å². The number of thioether (sulfide) groups is 1. The quantitative estimate of drug-likeness (QED) is 0.795. The molecule has 7 nitrogen and oxygen atoms in total. The first kappa shape index (κ1) is 18.3. The van der Waals surface area contributed by atoms with Crippen molar-refractivity contribution in [1.29, 1.82) is 0 Å². The van der Waals surface area contributed by atoms with E-state index in [1.165, 1.54) is 6.20 Å². The fourth-order valence-corrected chi connectivity index (χ4v) is 4.10. The van der Waals surface area contributed by atoms with Gasteiger partial charge in [-0.1, -0.05) is 0 Å². The van der Waals surface area contributed by atoms with Crippen LogP contribution < -0.4 is 14.2 Å². The van der Waals surface area contributed by atoms with Crippen molar-refractivity contribution in [3.8, 4) is 17.2 Å². The first-order valence-electron chi connectivity index (χ1n) is 8.10. The second-order valence-corrected chi connectivity index (χ2v) is 6.90. The van der Waals surface area contributed by atoms with Crippen LogP contribution in [0.3, 0.4) is 0 Å². The summed E-state index contributed by atoms with van der Waals surface area (Å²) in [5, 5.41) is -0.194. The number of benzene rings is 1. The highest BCUT2D eigenvalue weighted by molar-refractivity contribution is 7.99. The predicted octanol–water partition coefficient (Wildman–Crippen LogP) is 2.70. The monoisotopic (exact) mass is 375 g/mol. The van der Waals surface area contributed by atoms with E-state index in [9.17, 15) is 4.79 Å². The molecule has 1 aliphatic heterocycles. The standard InChI is InChI=1S/C18H21N3O4S/c1-11-9-20-13(10-19-11)17(22)21-5-6-26-18(21)12-7-15(24-3)16(25-4)8-14(12)23-2/h7-10,18H,5-6H2,1-4H3. The zero-order valence-electron chi connectivity index (χ0n) is 15.2. The maximum absolute atomic E-state index is 12.9. The fraction of sp³-hybridized carbons (Fsp3) is 0.389. The average molecular weight is 375 g/mol. The summed E-state index contributed by atoms with van der Waals surface area (Å²) >= 11 is 1.67. The summed E-state index contributed by atoms with van der Waals surface area (Å²) in [6.07, 6.45) is 3.12. The molecule has 3 rings (SSSR count). The summed E-state index contributed by atoms with van der Waals surface area (Å²) in [4.78, 5) is 23.1. The van der Waals surface area contributed by atoms with Crippen LogP contribution in [0, 0.1) is 6.92 Å². The van der Waals surface area contributed by atoms with Crippen molar-refractivity contribution in [3.05, 3.63) is 41.5 Å². The number of amides is 1. The second kappa shape index (κ2) is 7.82. The lowest BCUT2D eigenvalue weighted by atomic mass is 10.1. The molecule has 8 heteroatoms. The van der Waals surface area contributed by atoms with E-state index in [0.29, 0.717) is 29.5 Å². The van der Waals surface area contributed by atoms with Crippen LogP contribution in [0.2, 0.25) is 0 Å². The Balaban J connectivity index is 1.97. The molecule has 0 bridgehead atoms. The van der Waals surface area contributed by atoms with Gasteiger partial charge in [-0.3, -0.25) is 9.78 Å². The maximum atomic E-state index is 12.9. The second-order valence-electron chi connectivity index (χ2n) is 5.71. The van der Waals surface area contributed by atoms with Crippen LogP contribution in [0.4, 0.5) is 0 Å². The molecule has 0 aliphatic carbocycles. The van der Waals surface area contributed by atoms with Gasteiger partial charge in [0.1, 0.15) is 16.8 Å². The van der Waals surface area contributed by atoms with Gasteiger partial charge in [-0.2, -0.15) is 0 Å². The number of aryl methyl sites for hydroxylation is 1. The van der Waals surface area contributed by atoms with Gasteiger partial charge in [0.25, 0.3) is 5.91 Å². The normalized spacial score (nSPS) is 16.5. The summed E-state index contributed by atoms with van der Waals surface area (Å²) in [7, 11) is 4.76. The molecule has 1 aliphatic rings. The van der Waals surface area contributed by atoms with Crippen LogP contribution >= 0.6 is 11.8 Å². The minimum absolute atomic E-state index is 0.149. The molecule has 0 radical (unpaired) electrons. The molecule has 26 heavy (non-hydrogen) atoms. The molecular weight excluding hydrogens is 354 g/mol. The molecule has 0 saturated carbocycles. The first-order valence-corrected chi connectivity index (χ1v) is 9.15. The van der Waals surface area contributed by atoms with Crippen molar-refractivity contribution in [2.45, 2.75) is 12.3 Å². The lowest BCUT2D eigenvalue weighted by molar-refractivity contribution is 0.0752. The number of methoxy groups -OCH3 is 3. The Bertz CT molecular complexity index is 798. The fourth-order valence-electron chi connectivity index (χ4n) is 2.83. The molecule has 1 amide bonds. The Morgan fingerprint density at radius 2 is 1.77 bits per heavy atom. The van der Waals surface area contributed by atoms with E-state index < -0.39 is 0 Å². The van der Waals surface area contributed by atoms with Crippen LogP contribution in [0.5, 0.6) is 17.2 Å². The third-order valence-electron chi connectivity index (χ3n) is 4.15. The summed E-state index contributed by atoms with van der Waals surface area (Å²) in [5.41, 5.74) is 1.97. The minimum atomic E-state index is -0.194. The topological polar surface area (TPSA) is 73.8 Å². The van der Waals surface area contributed by atoms with Crippen LogP contribution in [-0.2, 0) is 0 Å². The third-order valence-corrected chi connectivity index (χ3v) is 5.40. The highest BCUT2D eigenvalue weighted by atomic mass is 32.2. The Morgan fingerprint density at radius 3 is 2.38 bits per heavy atom. The minimum Gasteiger partial charge on any atom is -0.496 e. The van der Waals surface area contributed by atoms with Crippen LogP contribution in [0.15, 0.2) is 24.5 Å². The number of carbonyl (C=O) groups is 1. The number of hydrogen-bond acceptors (Lipinski definition) is 7. The van der Waals surface area contributed by atoms with Crippen molar-refractivity contribution in [1.82, 2.24) is 14.9 Å². The van der Waals surface area contributed by atoms with Crippen LogP contribution in [0.25, 0.3) is 0 Å². The number of ether oxygens (including phenoxy) is 3. The highest BCUT2D eigenvalue weighted by Gasteiger charge is 2.34.